The molecule has 1 amide bonds. The number of piperidine rings is 1. The molecule has 10 heteroatoms. The maximum atomic E-state index is 12.6. The number of amides is 1. The number of hydrogen-bond donors (Lipinski definition) is 0. The number of aryl methyl sites for hydroxylation is 1. The van der Waals surface area contributed by atoms with Gasteiger partial charge >= 0.3 is 0 Å². The second kappa shape index (κ2) is 6.40. The number of carbonyl (C=O) groups excluding carboxylic acids is 1. The molecule has 0 N–H and O–H groups in total. The lowest BCUT2D eigenvalue weighted by Gasteiger charge is -2.36. The second-order valence-corrected chi connectivity index (χ2v) is 9.16. The molecule has 3 fully saturated rings. The SMILES string of the molecule is Cn1cnnc1SCC(=O)N1C[C@H]2CC[C@@H]1CN(S(C)(=O)=O)C2. The average molecular weight is 359 g/mol. The van der Waals surface area contributed by atoms with Gasteiger partial charge in [-0.2, -0.15) is 4.31 Å². The van der Waals surface area contributed by atoms with E-state index >= 15 is 0 Å². The molecule has 128 valence electrons. The van der Waals surface area contributed by atoms with E-state index in [9.17, 15) is 13.2 Å². The van der Waals surface area contributed by atoms with E-state index in [0.29, 0.717) is 30.5 Å². The Balaban J connectivity index is 1.66. The molecular formula is C13H21N5O3S2. The molecule has 4 rings (SSSR count). The van der Waals surface area contributed by atoms with Crippen LogP contribution in [0.25, 0.3) is 0 Å². The van der Waals surface area contributed by atoms with Crippen LogP contribution in [0.1, 0.15) is 12.8 Å². The normalized spacial score (nSPS) is 25.6. The van der Waals surface area contributed by atoms with E-state index in [-0.39, 0.29) is 17.9 Å². The van der Waals surface area contributed by atoms with Crippen LogP contribution in [-0.4, -0.2) is 76.0 Å². The summed E-state index contributed by atoms with van der Waals surface area (Å²) in [6, 6.07) is -0.0175. The molecule has 4 heterocycles. The monoisotopic (exact) mass is 359 g/mol. The molecule has 2 bridgehead atoms. The fourth-order valence-electron chi connectivity index (χ4n) is 3.23. The molecule has 8 nitrogen and oxygen atoms in total. The van der Waals surface area contributed by atoms with Gasteiger partial charge in [0.05, 0.1) is 12.0 Å². The smallest absolute Gasteiger partial charge is 0.233 e. The third kappa shape index (κ3) is 3.69. The van der Waals surface area contributed by atoms with Crippen LogP contribution in [0, 0.1) is 5.92 Å². The van der Waals surface area contributed by atoms with E-state index in [1.54, 1.807) is 10.9 Å². The van der Waals surface area contributed by atoms with Gasteiger partial charge in [-0.25, -0.2) is 8.42 Å². The maximum absolute atomic E-state index is 12.6. The largest absolute Gasteiger partial charge is 0.337 e. The lowest BCUT2D eigenvalue weighted by Crippen LogP contribution is -2.48. The molecule has 0 unspecified atom stereocenters. The number of nitrogens with zero attached hydrogens (tertiary/aromatic N) is 5. The van der Waals surface area contributed by atoms with Crippen molar-refractivity contribution < 1.29 is 13.2 Å². The first-order valence-corrected chi connectivity index (χ1v) is 10.4. The first-order valence-electron chi connectivity index (χ1n) is 7.56. The number of aromatic nitrogens is 3. The van der Waals surface area contributed by atoms with Gasteiger partial charge in [0.2, 0.25) is 15.9 Å². The summed E-state index contributed by atoms with van der Waals surface area (Å²) in [7, 11) is -1.37. The van der Waals surface area contributed by atoms with Crippen LogP contribution in [0.15, 0.2) is 11.5 Å². The van der Waals surface area contributed by atoms with Crippen LogP contribution in [-0.2, 0) is 21.9 Å². The quantitative estimate of drug-likeness (QED) is 0.691. The Bertz CT molecular complexity index is 690. The summed E-state index contributed by atoms with van der Waals surface area (Å²) in [5, 5.41) is 8.46. The first kappa shape index (κ1) is 16.7. The highest BCUT2D eigenvalue weighted by molar-refractivity contribution is 7.99. The molecule has 3 aliphatic rings. The summed E-state index contributed by atoms with van der Waals surface area (Å²) in [6.45, 7) is 1.58. The highest BCUT2D eigenvalue weighted by Gasteiger charge is 2.39. The van der Waals surface area contributed by atoms with Gasteiger partial charge in [0.25, 0.3) is 0 Å². The molecule has 2 atom stereocenters. The van der Waals surface area contributed by atoms with E-state index in [0.717, 1.165) is 12.8 Å². The van der Waals surface area contributed by atoms with Gasteiger partial charge in [-0.3, -0.25) is 4.79 Å². The molecule has 3 saturated heterocycles. The van der Waals surface area contributed by atoms with Crippen molar-refractivity contribution in [1.29, 1.82) is 0 Å². The number of hydrogen-bond acceptors (Lipinski definition) is 6. The fourth-order valence-corrected chi connectivity index (χ4v) is 4.93. The van der Waals surface area contributed by atoms with Crippen LogP contribution >= 0.6 is 11.8 Å². The van der Waals surface area contributed by atoms with Crippen molar-refractivity contribution in [3.63, 3.8) is 0 Å². The summed E-state index contributed by atoms with van der Waals surface area (Å²) in [5.74, 6) is 0.574. The third-order valence-electron chi connectivity index (χ3n) is 4.46. The molecule has 23 heavy (non-hydrogen) atoms. The Morgan fingerprint density at radius 2 is 2.13 bits per heavy atom. The lowest BCUT2D eigenvalue weighted by atomic mass is 9.95. The Morgan fingerprint density at radius 1 is 1.35 bits per heavy atom. The van der Waals surface area contributed by atoms with Crippen molar-refractivity contribution in [2.45, 2.75) is 24.0 Å². The highest BCUT2D eigenvalue weighted by atomic mass is 32.2. The molecule has 1 aromatic rings. The van der Waals surface area contributed by atoms with Gasteiger partial charge in [0, 0.05) is 32.7 Å². The van der Waals surface area contributed by atoms with E-state index in [4.69, 9.17) is 0 Å². The van der Waals surface area contributed by atoms with E-state index < -0.39 is 10.0 Å². The molecule has 0 spiro atoms. The first-order chi connectivity index (χ1) is 10.8. The summed E-state index contributed by atoms with van der Waals surface area (Å²) in [5.41, 5.74) is 0. The zero-order chi connectivity index (χ0) is 16.6. The predicted molar refractivity (Wildman–Crippen MR) is 86.4 cm³/mol. The minimum absolute atomic E-state index is 0.0175. The van der Waals surface area contributed by atoms with E-state index in [1.807, 2.05) is 11.9 Å². The van der Waals surface area contributed by atoms with Gasteiger partial charge in [-0.05, 0) is 18.8 Å². The Hall–Kier alpha value is -1.13. The van der Waals surface area contributed by atoms with Crippen LogP contribution in [0.2, 0.25) is 0 Å². The van der Waals surface area contributed by atoms with Gasteiger partial charge in [0.15, 0.2) is 5.16 Å². The zero-order valence-corrected chi connectivity index (χ0v) is 14.9. The summed E-state index contributed by atoms with van der Waals surface area (Å²) >= 11 is 1.36. The third-order valence-corrected chi connectivity index (χ3v) is 6.72. The van der Waals surface area contributed by atoms with Crippen LogP contribution in [0.5, 0.6) is 0 Å². The maximum Gasteiger partial charge on any atom is 0.233 e. The molecule has 1 aromatic heterocycles. The fraction of sp³-hybridized carbons (Fsp3) is 0.769. The molecule has 0 aromatic carbocycles. The van der Waals surface area contributed by atoms with Crippen molar-refractivity contribution in [1.82, 2.24) is 24.0 Å². The van der Waals surface area contributed by atoms with Gasteiger partial charge in [-0.15, -0.1) is 10.2 Å². The number of thioether (sulfide) groups is 1. The Morgan fingerprint density at radius 3 is 2.78 bits per heavy atom. The minimum atomic E-state index is -3.21. The number of fused-ring (bicyclic) bond motifs is 4. The molecule has 3 aliphatic heterocycles. The lowest BCUT2D eigenvalue weighted by molar-refractivity contribution is -0.132. The summed E-state index contributed by atoms with van der Waals surface area (Å²) in [4.78, 5) is 14.4. The summed E-state index contributed by atoms with van der Waals surface area (Å²) in [6.07, 6.45) is 4.70. The summed E-state index contributed by atoms with van der Waals surface area (Å²) < 4.78 is 27.0. The molecule has 0 saturated carbocycles. The van der Waals surface area contributed by atoms with Crippen LogP contribution in [0.4, 0.5) is 0 Å². The Kier molecular flexibility index (Phi) is 4.65. The average Bonchev–Trinajstić information content (AvgIpc) is 2.71. The minimum Gasteiger partial charge on any atom is -0.337 e. The van der Waals surface area contributed by atoms with Crippen molar-refractivity contribution >= 4 is 27.7 Å². The highest BCUT2D eigenvalue weighted by Crippen LogP contribution is 2.30. The van der Waals surface area contributed by atoms with E-state index in [1.165, 1.54) is 22.3 Å². The van der Waals surface area contributed by atoms with Gasteiger partial charge in [-0.1, -0.05) is 11.8 Å². The number of sulfonamides is 1. The van der Waals surface area contributed by atoms with Crippen LogP contribution in [0.3, 0.4) is 0 Å². The standard InChI is InChI=1S/C13H21N5O3S2/c1-16-9-14-15-13(16)22-8-12(19)18-6-10-3-4-11(18)7-17(5-10)23(2,20)21/h9-11H,3-8H2,1-2H3/t10-,11+/m0/s1. The van der Waals surface area contributed by atoms with Crippen molar-refractivity contribution in [2.75, 3.05) is 31.6 Å². The molecule has 0 aliphatic carbocycles. The zero-order valence-electron chi connectivity index (χ0n) is 13.3. The molecule has 0 radical (unpaired) electrons. The number of carbonyl (C=O) groups is 1. The topological polar surface area (TPSA) is 88.4 Å². The van der Waals surface area contributed by atoms with Crippen molar-refractivity contribution in [3.8, 4) is 0 Å². The second-order valence-electron chi connectivity index (χ2n) is 6.24. The Labute approximate surface area is 140 Å². The van der Waals surface area contributed by atoms with Gasteiger partial charge < -0.3 is 9.47 Å². The predicted octanol–water partition coefficient (Wildman–Crippen LogP) is -0.210. The van der Waals surface area contributed by atoms with Gasteiger partial charge in [0.1, 0.15) is 6.33 Å². The van der Waals surface area contributed by atoms with Crippen molar-refractivity contribution in [3.05, 3.63) is 6.33 Å². The van der Waals surface area contributed by atoms with E-state index in [2.05, 4.69) is 10.2 Å². The molecular weight excluding hydrogens is 338 g/mol. The number of rotatable bonds is 4. The van der Waals surface area contributed by atoms with Crippen LogP contribution < -0.4 is 0 Å². The van der Waals surface area contributed by atoms with Crippen molar-refractivity contribution in [2.24, 2.45) is 13.0 Å².